The number of hydrogen-bond donors (Lipinski definition) is 2. The molecular formula is C49H50N4O3. The van der Waals surface area contributed by atoms with Gasteiger partial charge in [-0.15, -0.1) is 0 Å². The van der Waals surface area contributed by atoms with Gasteiger partial charge in [0.05, 0.1) is 35.9 Å². The minimum atomic E-state index is -1.01. The normalized spacial score (nSPS) is 26.3. The topological polar surface area (TPSA) is 93.2 Å². The van der Waals surface area contributed by atoms with E-state index in [1.165, 1.54) is 22.3 Å². The highest BCUT2D eigenvalue weighted by atomic mass is 16.3. The molecule has 4 heterocycles. The predicted octanol–water partition coefficient (Wildman–Crippen LogP) is 10.1. The molecule has 2 unspecified atom stereocenters. The predicted molar refractivity (Wildman–Crippen MR) is 218 cm³/mol. The van der Waals surface area contributed by atoms with E-state index in [1.54, 1.807) is 0 Å². The van der Waals surface area contributed by atoms with Crippen molar-refractivity contribution in [2.75, 3.05) is 0 Å². The molecule has 0 saturated heterocycles. The molecule has 2 aromatic heterocycles. The van der Waals surface area contributed by atoms with E-state index in [2.05, 4.69) is 118 Å². The zero-order chi connectivity index (χ0) is 37.9. The Labute approximate surface area is 329 Å². The van der Waals surface area contributed by atoms with E-state index in [4.69, 9.17) is 9.97 Å². The Kier molecular flexibility index (Phi) is 8.91. The number of Topliss-reactive ketones (excluding diaryl/α,β-unsaturated/α-hetero) is 1. The molecule has 6 aromatic rings. The highest BCUT2D eigenvalue weighted by Crippen LogP contribution is 2.51. The van der Waals surface area contributed by atoms with E-state index >= 15 is 0 Å². The molecule has 0 spiro atoms. The summed E-state index contributed by atoms with van der Waals surface area (Å²) in [7, 11) is 0. The van der Waals surface area contributed by atoms with Gasteiger partial charge in [-0.2, -0.15) is 0 Å². The third-order valence-electron chi connectivity index (χ3n) is 13.8. The first-order valence-corrected chi connectivity index (χ1v) is 20.8. The summed E-state index contributed by atoms with van der Waals surface area (Å²) in [4.78, 5) is 23.8. The fourth-order valence-electron chi connectivity index (χ4n) is 10.8. The number of benzene rings is 4. The van der Waals surface area contributed by atoms with Crippen LogP contribution in [0.5, 0.6) is 0 Å². The minimum Gasteiger partial charge on any atom is -0.382 e. The Morgan fingerprint density at radius 1 is 0.554 bits per heavy atom. The van der Waals surface area contributed by atoms with Gasteiger partial charge in [0.25, 0.3) is 0 Å². The molecule has 7 heteroatoms. The molecule has 4 aromatic carbocycles. The second-order valence-corrected chi connectivity index (χ2v) is 16.9. The Morgan fingerprint density at radius 3 is 1.34 bits per heavy atom. The van der Waals surface area contributed by atoms with Crippen molar-refractivity contribution in [1.29, 1.82) is 0 Å². The molecule has 56 heavy (non-hydrogen) atoms. The molecule has 10 rings (SSSR count). The van der Waals surface area contributed by atoms with Gasteiger partial charge in [-0.25, -0.2) is 9.97 Å². The van der Waals surface area contributed by atoms with Gasteiger partial charge < -0.3 is 19.3 Å². The first kappa shape index (κ1) is 35.3. The number of carbonyl (C=O) groups is 1. The summed E-state index contributed by atoms with van der Waals surface area (Å²) >= 11 is 0. The van der Waals surface area contributed by atoms with Gasteiger partial charge in [-0.3, -0.25) is 4.79 Å². The molecule has 2 atom stereocenters. The monoisotopic (exact) mass is 742 g/mol. The number of nitrogens with zero attached hydrogens (tertiary/aromatic N) is 4. The van der Waals surface area contributed by atoms with Crippen molar-refractivity contribution in [3.05, 3.63) is 155 Å². The van der Waals surface area contributed by atoms with Gasteiger partial charge in [0.15, 0.2) is 0 Å². The third kappa shape index (κ3) is 5.98. The number of carbonyl (C=O) groups excluding carboxylic acids is 1. The second-order valence-electron chi connectivity index (χ2n) is 16.9. The van der Waals surface area contributed by atoms with Gasteiger partial charge in [0, 0.05) is 24.0 Å². The van der Waals surface area contributed by atoms with Crippen LogP contribution in [-0.4, -0.2) is 35.1 Å². The van der Waals surface area contributed by atoms with E-state index < -0.39 is 11.2 Å². The van der Waals surface area contributed by atoms with Crippen molar-refractivity contribution in [2.24, 2.45) is 0 Å². The number of hydrogen-bond acceptors (Lipinski definition) is 5. The Morgan fingerprint density at radius 2 is 0.929 bits per heavy atom. The summed E-state index contributed by atoms with van der Waals surface area (Å²) in [6.07, 6.45) is 12.3. The quantitative estimate of drug-likeness (QED) is 0.146. The van der Waals surface area contributed by atoms with Crippen molar-refractivity contribution in [2.45, 2.75) is 112 Å². The van der Waals surface area contributed by atoms with Crippen LogP contribution < -0.4 is 0 Å². The SMILES string of the molecule is O=C(CCC1c2ccccc2-c2cnc(C3(O)CCC(c4ccccc4)CC3)n21)CCC1c2ccccc2-c2cnc(C3(O)CCC(c4ccccc4)CC3)n21. The second kappa shape index (κ2) is 14.1. The maximum Gasteiger partial charge on any atom is 0.141 e. The first-order valence-electron chi connectivity index (χ1n) is 20.8. The van der Waals surface area contributed by atoms with Crippen LogP contribution in [0.4, 0.5) is 0 Å². The average Bonchev–Trinajstić information content (AvgIpc) is 4.02. The fourth-order valence-corrected chi connectivity index (χ4v) is 10.8. The maximum atomic E-state index is 14.0. The molecule has 0 amide bonds. The van der Waals surface area contributed by atoms with E-state index in [0.717, 1.165) is 59.8 Å². The zero-order valence-corrected chi connectivity index (χ0v) is 31.9. The first-order chi connectivity index (χ1) is 27.4. The third-order valence-corrected chi connectivity index (χ3v) is 13.8. The largest absolute Gasteiger partial charge is 0.382 e. The molecule has 2 aliphatic carbocycles. The van der Waals surface area contributed by atoms with Crippen LogP contribution in [0.3, 0.4) is 0 Å². The van der Waals surface area contributed by atoms with Gasteiger partial charge in [-0.05, 0) is 98.3 Å². The lowest BCUT2D eigenvalue weighted by Crippen LogP contribution is -2.35. The van der Waals surface area contributed by atoms with Crippen LogP contribution in [0.25, 0.3) is 22.5 Å². The van der Waals surface area contributed by atoms with Crippen molar-refractivity contribution < 1.29 is 15.0 Å². The van der Waals surface area contributed by atoms with Gasteiger partial charge in [0.1, 0.15) is 28.6 Å². The van der Waals surface area contributed by atoms with Crippen LogP contribution in [-0.2, 0) is 16.0 Å². The van der Waals surface area contributed by atoms with E-state index in [1.807, 2.05) is 12.4 Å². The van der Waals surface area contributed by atoms with E-state index in [0.29, 0.717) is 63.2 Å². The summed E-state index contributed by atoms with van der Waals surface area (Å²) in [5.74, 6) is 2.59. The Bertz CT molecular complexity index is 2200. The summed E-state index contributed by atoms with van der Waals surface area (Å²) in [6, 6.07) is 38.1. The fraction of sp³-hybridized carbons (Fsp3) is 0.367. The molecule has 7 nitrogen and oxygen atoms in total. The number of ketones is 1. The van der Waals surface area contributed by atoms with Gasteiger partial charge in [0.2, 0.25) is 0 Å². The lowest BCUT2D eigenvalue weighted by molar-refractivity contribution is -0.119. The van der Waals surface area contributed by atoms with Gasteiger partial charge in [-0.1, -0.05) is 109 Å². The molecule has 4 aliphatic rings. The van der Waals surface area contributed by atoms with Crippen molar-refractivity contribution >= 4 is 5.78 Å². The average molecular weight is 743 g/mol. The van der Waals surface area contributed by atoms with Crippen LogP contribution >= 0.6 is 0 Å². The maximum absolute atomic E-state index is 14.0. The molecule has 2 N–H and O–H groups in total. The Hall–Kier alpha value is -5.11. The lowest BCUT2D eigenvalue weighted by Gasteiger charge is -2.37. The van der Waals surface area contributed by atoms with Crippen molar-refractivity contribution in [3.63, 3.8) is 0 Å². The summed E-state index contributed by atoms with van der Waals surface area (Å²) in [5.41, 5.74) is 7.43. The number of aliphatic hydroxyl groups is 2. The van der Waals surface area contributed by atoms with Crippen LogP contribution in [0.1, 0.15) is 135 Å². The van der Waals surface area contributed by atoms with Crippen LogP contribution in [0.15, 0.2) is 122 Å². The van der Waals surface area contributed by atoms with Crippen LogP contribution in [0.2, 0.25) is 0 Å². The van der Waals surface area contributed by atoms with Crippen LogP contribution in [0, 0.1) is 0 Å². The molecule has 0 radical (unpaired) electrons. The highest BCUT2D eigenvalue weighted by Gasteiger charge is 2.44. The number of imidazole rings is 2. The molecule has 0 bridgehead atoms. The summed E-state index contributed by atoms with van der Waals surface area (Å²) in [5, 5.41) is 24.4. The van der Waals surface area contributed by atoms with Gasteiger partial charge >= 0.3 is 0 Å². The van der Waals surface area contributed by atoms with Crippen molar-refractivity contribution in [3.8, 4) is 22.5 Å². The molecular weight excluding hydrogens is 693 g/mol. The Balaban J connectivity index is 0.853. The molecule has 2 fully saturated rings. The summed E-state index contributed by atoms with van der Waals surface area (Å²) in [6.45, 7) is 0. The summed E-state index contributed by atoms with van der Waals surface area (Å²) < 4.78 is 4.51. The lowest BCUT2D eigenvalue weighted by atomic mass is 9.75. The molecule has 2 saturated carbocycles. The molecule has 284 valence electrons. The number of fused-ring (bicyclic) bond motifs is 6. The molecule has 2 aliphatic heterocycles. The number of rotatable bonds is 10. The van der Waals surface area contributed by atoms with E-state index in [-0.39, 0.29) is 17.9 Å². The zero-order valence-electron chi connectivity index (χ0n) is 31.9. The van der Waals surface area contributed by atoms with E-state index in [9.17, 15) is 15.0 Å². The number of aromatic nitrogens is 4. The highest BCUT2D eigenvalue weighted by molar-refractivity contribution is 5.79. The standard InChI is InChI=1S/C49H50N4O3/c54-37(19-21-42-38-15-7-9-17-40(38)44-31-50-46(52(42)44)48(55)27-23-35(24-28-48)33-11-3-1-4-12-33)20-22-43-39-16-8-10-18-41(39)45-32-51-47(53(43)45)49(56)29-25-36(26-30-49)34-13-5-2-6-14-34/h1-18,31-32,35-36,42-43,55-56H,19-30H2. The minimum absolute atomic E-state index is 0.0576. The van der Waals surface area contributed by atoms with Crippen molar-refractivity contribution in [1.82, 2.24) is 19.1 Å². The smallest absolute Gasteiger partial charge is 0.141 e.